The van der Waals surface area contributed by atoms with E-state index in [1.54, 1.807) is 37.3 Å². The Labute approximate surface area is 147 Å². The lowest BCUT2D eigenvalue weighted by Gasteiger charge is -2.10. The smallest absolute Gasteiger partial charge is 0.241 e. The minimum Gasteiger partial charge on any atom is -0.325 e. The number of nitrogens with one attached hydrogen (secondary N) is 2. The summed E-state index contributed by atoms with van der Waals surface area (Å²) in [6.45, 7) is 3.45. The third-order valence-corrected chi connectivity index (χ3v) is 5.18. The van der Waals surface area contributed by atoms with E-state index in [0.29, 0.717) is 10.7 Å². The van der Waals surface area contributed by atoms with Crippen molar-refractivity contribution in [1.82, 2.24) is 4.72 Å². The molecule has 2 aromatic carbocycles. The molecule has 0 saturated carbocycles. The fourth-order valence-electron chi connectivity index (χ4n) is 2.11. The molecule has 0 aromatic heterocycles. The maximum absolute atomic E-state index is 12.2. The van der Waals surface area contributed by atoms with E-state index in [0.717, 1.165) is 17.5 Å². The molecule has 0 unspecified atom stereocenters. The van der Waals surface area contributed by atoms with Crippen LogP contribution < -0.4 is 10.0 Å². The van der Waals surface area contributed by atoms with Crippen molar-refractivity contribution in [1.29, 1.82) is 0 Å². The van der Waals surface area contributed by atoms with Crippen molar-refractivity contribution in [3.05, 3.63) is 58.6 Å². The van der Waals surface area contributed by atoms with Gasteiger partial charge >= 0.3 is 0 Å². The first-order chi connectivity index (χ1) is 11.3. The lowest BCUT2D eigenvalue weighted by molar-refractivity contribution is -0.115. The van der Waals surface area contributed by atoms with Crippen LogP contribution in [0, 0.1) is 6.92 Å². The van der Waals surface area contributed by atoms with Gasteiger partial charge in [0.25, 0.3) is 0 Å². The molecule has 24 heavy (non-hydrogen) atoms. The number of hydrogen-bond donors (Lipinski definition) is 2. The second-order valence-corrected chi connectivity index (χ2v) is 7.53. The van der Waals surface area contributed by atoms with Crippen molar-refractivity contribution in [2.24, 2.45) is 0 Å². The first-order valence-corrected chi connectivity index (χ1v) is 9.32. The molecule has 0 radical (unpaired) electrons. The zero-order valence-corrected chi connectivity index (χ0v) is 15.0. The summed E-state index contributed by atoms with van der Waals surface area (Å²) in [7, 11) is -3.72. The van der Waals surface area contributed by atoms with Crippen LogP contribution in [0.3, 0.4) is 0 Å². The number of rotatable bonds is 6. The lowest BCUT2D eigenvalue weighted by atomic mass is 10.2. The largest absolute Gasteiger partial charge is 0.325 e. The summed E-state index contributed by atoms with van der Waals surface area (Å²) in [6.07, 6.45) is 0.830. The first kappa shape index (κ1) is 18.4. The summed E-state index contributed by atoms with van der Waals surface area (Å²) in [5.74, 6) is -0.450. The number of hydrogen-bond acceptors (Lipinski definition) is 3. The van der Waals surface area contributed by atoms with Crippen LogP contribution in [0.4, 0.5) is 5.69 Å². The topological polar surface area (TPSA) is 75.3 Å². The predicted octanol–water partition coefficient (Wildman–Crippen LogP) is 3.13. The molecule has 5 nitrogen and oxygen atoms in total. The summed E-state index contributed by atoms with van der Waals surface area (Å²) < 4.78 is 26.7. The van der Waals surface area contributed by atoms with Crippen molar-refractivity contribution < 1.29 is 13.2 Å². The van der Waals surface area contributed by atoms with E-state index in [2.05, 4.69) is 10.0 Å². The summed E-state index contributed by atoms with van der Waals surface area (Å²) in [5, 5.41) is 3.23. The Kier molecular flexibility index (Phi) is 5.99. The molecular weight excluding hydrogens is 348 g/mol. The zero-order chi connectivity index (χ0) is 17.7. The molecule has 0 fully saturated rings. The molecular formula is C17H19ClN2O3S. The number of anilines is 1. The highest BCUT2D eigenvalue weighted by Crippen LogP contribution is 2.19. The van der Waals surface area contributed by atoms with Crippen LogP contribution in [-0.4, -0.2) is 20.9 Å². The van der Waals surface area contributed by atoms with Gasteiger partial charge in [0.05, 0.1) is 11.4 Å². The number of amides is 1. The summed E-state index contributed by atoms with van der Waals surface area (Å²) in [5.41, 5.74) is 2.44. The van der Waals surface area contributed by atoms with Crippen LogP contribution in [0.25, 0.3) is 0 Å². The fourth-order valence-corrected chi connectivity index (χ4v) is 3.32. The molecule has 2 N–H and O–H groups in total. The highest BCUT2D eigenvalue weighted by atomic mass is 35.5. The number of halogens is 1. The Bertz CT molecular complexity index is 833. The number of carbonyl (C=O) groups is 1. The standard InChI is InChI=1S/C17H19ClN2O3S/c1-3-13-4-7-15(8-5-13)24(22,23)19-11-17(21)20-16-9-6-14(18)10-12(16)2/h4-10,19H,3,11H2,1-2H3,(H,20,21). The Morgan fingerprint density at radius 2 is 1.79 bits per heavy atom. The molecule has 0 aliphatic rings. The molecule has 2 rings (SSSR count). The summed E-state index contributed by atoms with van der Waals surface area (Å²) >= 11 is 5.86. The maximum atomic E-state index is 12.2. The fraction of sp³-hybridized carbons (Fsp3) is 0.235. The molecule has 0 aliphatic heterocycles. The second-order valence-electron chi connectivity index (χ2n) is 5.33. The van der Waals surface area contributed by atoms with Crippen molar-refractivity contribution in [2.75, 3.05) is 11.9 Å². The Morgan fingerprint density at radius 1 is 1.12 bits per heavy atom. The van der Waals surface area contributed by atoms with Crippen molar-refractivity contribution in [3.8, 4) is 0 Å². The van der Waals surface area contributed by atoms with Crippen LogP contribution in [-0.2, 0) is 21.2 Å². The van der Waals surface area contributed by atoms with Gasteiger partial charge in [0.1, 0.15) is 0 Å². The Morgan fingerprint density at radius 3 is 2.38 bits per heavy atom. The van der Waals surface area contributed by atoms with Gasteiger partial charge in [-0.2, -0.15) is 0 Å². The van der Waals surface area contributed by atoms with E-state index in [-0.39, 0.29) is 11.4 Å². The molecule has 0 saturated heterocycles. The molecule has 0 spiro atoms. The van der Waals surface area contributed by atoms with Gasteiger partial charge in [0, 0.05) is 10.7 Å². The highest BCUT2D eigenvalue weighted by molar-refractivity contribution is 7.89. The van der Waals surface area contributed by atoms with E-state index in [1.807, 2.05) is 6.92 Å². The molecule has 0 atom stereocenters. The summed E-state index contributed by atoms with van der Waals surface area (Å²) in [4.78, 5) is 12.1. The Hall–Kier alpha value is -1.89. The van der Waals surface area contributed by atoms with Gasteiger partial charge in [-0.3, -0.25) is 4.79 Å². The van der Waals surface area contributed by atoms with Crippen molar-refractivity contribution in [3.63, 3.8) is 0 Å². The van der Waals surface area contributed by atoms with Gasteiger partial charge in [0.2, 0.25) is 15.9 Å². The zero-order valence-electron chi connectivity index (χ0n) is 13.5. The first-order valence-electron chi connectivity index (χ1n) is 7.46. The molecule has 1 amide bonds. The minimum atomic E-state index is -3.72. The SMILES string of the molecule is CCc1ccc(S(=O)(=O)NCC(=O)Nc2ccc(Cl)cc2C)cc1. The molecule has 0 heterocycles. The third-order valence-electron chi connectivity index (χ3n) is 3.53. The molecule has 128 valence electrons. The van der Waals surface area contributed by atoms with E-state index >= 15 is 0 Å². The lowest BCUT2D eigenvalue weighted by Crippen LogP contribution is -2.33. The van der Waals surface area contributed by atoms with Crippen molar-refractivity contribution in [2.45, 2.75) is 25.2 Å². The quantitative estimate of drug-likeness (QED) is 0.824. The number of aryl methyl sites for hydroxylation is 2. The second kappa shape index (κ2) is 7.79. The van der Waals surface area contributed by atoms with E-state index in [9.17, 15) is 13.2 Å². The summed E-state index contributed by atoms with van der Waals surface area (Å²) in [6, 6.07) is 11.6. The van der Waals surface area contributed by atoms with Gasteiger partial charge in [-0.05, 0) is 54.8 Å². The van der Waals surface area contributed by atoms with Crippen LogP contribution in [0.2, 0.25) is 5.02 Å². The number of sulfonamides is 1. The molecule has 7 heteroatoms. The van der Waals surface area contributed by atoms with Gasteiger partial charge in [0.15, 0.2) is 0 Å². The maximum Gasteiger partial charge on any atom is 0.241 e. The number of carbonyl (C=O) groups excluding carboxylic acids is 1. The van der Waals surface area contributed by atoms with E-state index < -0.39 is 15.9 Å². The number of benzene rings is 2. The average Bonchev–Trinajstić information content (AvgIpc) is 2.56. The highest BCUT2D eigenvalue weighted by Gasteiger charge is 2.15. The van der Waals surface area contributed by atoms with E-state index in [1.165, 1.54) is 12.1 Å². The molecule has 0 aliphatic carbocycles. The van der Waals surface area contributed by atoms with Gasteiger partial charge in [-0.1, -0.05) is 30.7 Å². The predicted molar refractivity (Wildman–Crippen MR) is 95.8 cm³/mol. The third kappa shape index (κ3) is 4.80. The van der Waals surface area contributed by atoms with Crippen LogP contribution in [0.1, 0.15) is 18.1 Å². The van der Waals surface area contributed by atoms with E-state index in [4.69, 9.17) is 11.6 Å². The Balaban J connectivity index is 1.99. The molecule has 0 bridgehead atoms. The van der Waals surface area contributed by atoms with Gasteiger partial charge in [-0.15, -0.1) is 0 Å². The molecule has 2 aromatic rings. The van der Waals surface area contributed by atoms with Crippen LogP contribution >= 0.6 is 11.6 Å². The normalized spacial score (nSPS) is 11.3. The minimum absolute atomic E-state index is 0.134. The van der Waals surface area contributed by atoms with Gasteiger partial charge in [-0.25, -0.2) is 13.1 Å². The van der Waals surface area contributed by atoms with Crippen LogP contribution in [0.15, 0.2) is 47.4 Å². The van der Waals surface area contributed by atoms with Crippen molar-refractivity contribution >= 4 is 33.2 Å². The average molecular weight is 367 g/mol. The van der Waals surface area contributed by atoms with Crippen LogP contribution in [0.5, 0.6) is 0 Å². The van der Waals surface area contributed by atoms with Gasteiger partial charge < -0.3 is 5.32 Å². The monoisotopic (exact) mass is 366 g/mol.